The summed E-state index contributed by atoms with van der Waals surface area (Å²) in [4.78, 5) is 10.2. The fraction of sp³-hybridized carbons (Fsp3) is 0. The van der Waals surface area contributed by atoms with Gasteiger partial charge in [0.1, 0.15) is 0 Å². The molecule has 0 saturated carbocycles. The predicted molar refractivity (Wildman–Crippen MR) is 41.5 cm³/mol. The van der Waals surface area contributed by atoms with Crippen molar-refractivity contribution >= 4 is 17.9 Å². The number of nitriles is 1. The minimum absolute atomic E-state index is 0.170. The van der Waals surface area contributed by atoms with Crippen molar-refractivity contribution in [3.8, 4) is 6.07 Å². The van der Waals surface area contributed by atoms with Gasteiger partial charge >= 0.3 is 0 Å². The van der Waals surface area contributed by atoms with Gasteiger partial charge in [0.15, 0.2) is 12.1 Å². The minimum atomic E-state index is -0.786. The summed E-state index contributed by atoms with van der Waals surface area (Å²) in [6, 6.07) is 4.08. The predicted octanol–water partition coefficient (Wildman–Crippen LogP) is 2.16. The van der Waals surface area contributed by atoms with Crippen molar-refractivity contribution in [2.24, 2.45) is 0 Å². The molecule has 0 aliphatic carbocycles. The number of nitrogens with zero attached hydrogens (tertiary/aromatic N) is 1. The Morgan fingerprint density at radius 1 is 1.58 bits per heavy atom. The second-order valence-corrected chi connectivity index (χ2v) is 2.50. The molecule has 0 heterocycles. The molecule has 0 N–H and O–H groups in total. The molecule has 1 aromatic rings. The molecule has 0 spiro atoms. The maximum Gasteiger partial charge on any atom is 0.153 e. The largest absolute Gasteiger partial charge is 0.298 e. The lowest BCUT2D eigenvalue weighted by Crippen LogP contribution is -1.90. The van der Waals surface area contributed by atoms with Crippen molar-refractivity contribution in [2.75, 3.05) is 0 Å². The van der Waals surface area contributed by atoms with Crippen LogP contribution in [0.4, 0.5) is 4.39 Å². The van der Waals surface area contributed by atoms with E-state index in [1.807, 2.05) is 0 Å². The van der Waals surface area contributed by atoms with Crippen molar-refractivity contribution in [1.29, 1.82) is 5.26 Å². The Morgan fingerprint density at radius 3 is 2.75 bits per heavy atom. The quantitative estimate of drug-likeness (QED) is 0.626. The zero-order valence-corrected chi connectivity index (χ0v) is 6.60. The molecule has 0 bridgehead atoms. The Kier molecular flexibility index (Phi) is 2.41. The van der Waals surface area contributed by atoms with Gasteiger partial charge in [-0.05, 0) is 12.1 Å². The van der Waals surface area contributed by atoms with Crippen LogP contribution in [0.2, 0.25) is 5.02 Å². The molecule has 1 aromatic carbocycles. The highest BCUT2D eigenvalue weighted by Gasteiger charge is 2.07. The summed E-state index contributed by atoms with van der Waals surface area (Å²) >= 11 is 5.39. The molecule has 0 amide bonds. The van der Waals surface area contributed by atoms with Crippen LogP contribution in [0.5, 0.6) is 0 Å². The highest BCUT2D eigenvalue weighted by Crippen LogP contribution is 2.19. The molecule has 60 valence electrons. The number of hydrogen-bond donors (Lipinski definition) is 0. The number of aldehydes is 1. The lowest BCUT2D eigenvalue weighted by molar-refractivity contribution is 0.112. The topological polar surface area (TPSA) is 40.9 Å². The van der Waals surface area contributed by atoms with Crippen molar-refractivity contribution in [1.82, 2.24) is 0 Å². The van der Waals surface area contributed by atoms with Crippen LogP contribution < -0.4 is 0 Å². The van der Waals surface area contributed by atoms with E-state index in [1.165, 1.54) is 6.07 Å². The van der Waals surface area contributed by atoms with Crippen LogP contribution in [0.15, 0.2) is 12.1 Å². The van der Waals surface area contributed by atoms with E-state index >= 15 is 0 Å². The second-order valence-electron chi connectivity index (χ2n) is 2.09. The molecule has 0 radical (unpaired) electrons. The third-order valence-corrected chi connectivity index (χ3v) is 1.59. The summed E-state index contributed by atoms with van der Waals surface area (Å²) in [6.07, 6.45) is 0.321. The molecular weight excluding hydrogens is 181 g/mol. The summed E-state index contributed by atoms with van der Waals surface area (Å²) in [6.45, 7) is 0. The van der Waals surface area contributed by atoms with E-state index in [9.17, 15) is 9.18 Å². The normalized spacial score (nSPS) is 9.08. The standard InChI is InChI=1S/C8H3ClFNO/c9-7-2-5(3-11)1-6(4-12)8(7)10/h1-2,4H. The smallest absolute Gasteiger partial charge is 0.153 e. The summed E-state index contributed by atoms with van der Waals surface area (Å²) < 4.78 is 12.8. The number of carbonyl (C=O) groups is 1. The molecule has 0 aliphatic rings. The van der Waals surface area contributed by atoms with E-state index in [2.05, 4.69) is 0 Å². The van der Waals surface area contributed by atoms with Crippen LogP contribution >= 0.6 is 11.6 Å². The van der Waals surface area contributed by atoms with Crippen LogP contribution in [0, 0.1) is 17.1 Å². The monoisotopic (exact) mass is 183 g/mol. The van der Waals surface area contributed by atoms with E-state index in [-0.39, 0.29) is 16.1 Å². The van der Waals surface area contributed by atoms with Crippen LogP contribution in [-0.2, 0) is 0 Å². The summed E-state index contributed by atoms with van der Waals surface area (Å²) in [5, 5.41) is 8.21. The van der Waals surface area contributed by atoms with Crippen LogP contribution in [0.1, 0.15) is 15.9 Å². The first kappa shape index (κ1) is 8.69. The number of benzene rings is 1. The van der Waals surface area contributed by atoms with Gasteiger partial charge in [0, 0.05) is 0 Å². The van der Waals surface area contributed by atoms with E-state index in [0.29, 0.717) is 6.29 Å². The summed E-state index contributed by atoms with van der Waals surface area (Å²) in [5.74, 6) is -0.786. The zero-order chi connectivity index (χ0) is 9.14. The maximum absolute atomic E-state index is 12.8. The molecule has 0 aromatic heterocycles. The summed E-state index contributed by atoms with van der Waals surface area (Å²) in [5.41, 5.74) is -0.0254. The third kappa shape index (κ3) is 1.44. The first-order valence-electron chi connectivity index (χ1n) is 3.03. The molecule has 4 heteroatoms. The van der Waals surface area contributed by atoms with Gasteiger partial charge in [-0.25, -0.2) is 4.39 Å². The Morgan fingerprint density at radius 2 is 2.25 bits per heavy atom. The van der Waals surface area contributed by atoms with Gasteiger partial charge < -0.3 is 0 Å². The lowest BCUT2D eigenvalue weighted by Gasteiger charge is -1.97. The van der Waals surface area contributed by atoms with E-state index in [0.717, 1.165) is 6.07 Å². The fourth-order valence-corrected chi connectivity index (χ4v) is 0.987. The first-order chi connectivity index (χ1) is 5.69. The molecule has 0 saturated heterocycles. The third-order valence-electron chi connectivity index (χ3n) is 1.31. The highest BCUT2D eigenvalue weighted by atomic mass is 35.5. The lowest BCUT2D eigenvalue weighted by atomic mass is 10.1. The van der Waals surface area contributed by atoms with Crippen LogP contribution in [0.25, 0.3) is 0 Å². The Labute approximate surface area is 73.2 Å². The van der Waals surface area contributed by atoms with E-state index in [4.69, 9.17) is 16.9 Å². The van der Waals surface area contributed by atoms with E-state index < -0.39 is 5.82 Å². The zero-order valence-electron chi connectivity index (χ0n) is 5.84. The van der Waals surface area contributed by atoms with Gasteiger partial charge in [-0.1, -0.05) is 11.6 Å². The Bertz CT molecular complexity index is 370. The molecule has 0 fully saturated rings. The van der Waals surface area contributed by atoms with Crippen molar-refractivity contribution in [3.05, 3.63) is 34.1 Å². The molecule has 0 unspecified atom stereocenters. The molecule has 12 heavy (non-hydrogen) atoms. The van der Waals surface area contributed by atoms with Gasteiger partial charge in [0.05, 0.1) is 22.2 Å². The molecular formula is C8H3ClFNO. The van der Waals surface area contributed by atoms with Crippen molar-refractivity contribution in [3.63, 3.8) is 0 Å². The number of rotatable bonds is 1. The van der Waals surface area contributed by atoms with Gasteiger partial charge in [0.25, 0.3) is 0 Å². The molecule has 2 nitrogen and oxygen atoms in total. The highest BCUT2D eigenvalue weighted by molar-refractivity contribution is 6.31. The molecule has 0 aliphatic heterocycles. The van der Waals surface area contributed by atoms with Crippen molar-refractivity contribution in [2.45, 2.75) is 0 Å². The van der Waals surface area contributed by atoms with Crippen LogP contribution in [0.3, 0.4) is 0 Å². The van der Waals surface area contributed by atoms with Gasteiger partial charge in [-0.15, -0.1) is 0 Å². The fourth-order valence-electron chi connectivity index (χ4n) is 0.761. The second kappa shape index (κ2) is 3.33. The SMILES string of the molecule is N#Cc1cc(Cl)c(F)c(C=O)c1. The maximum atomic E-state index is 12.8. The van der Waals surface area contributed by atoms with Gasteiger partial charge in [-0.2, -0.15) is 5.26 Å². The first-order valence-corrected chi connectivity index (χ1v) is 3.41. The Hall–Kier alpha value is -1.40. The van der Waals surface area contributed by atoms with E-state index in [1.54, 1.807) is 6.07 Å². The summed E-state index contributed by atoms with van der Waals surface area (Å²) in [7, 11) is 0. The number of halogens is 2. The number of carbonyl (C=O) groups excluding carboxylic acids is 1. The molecule has 0 atom stereocenters. The number of hydrogen-bond acceptors (Lipinski definition) is 2. The minimum Gasteiger partial charge on any atom is -0.298 e. The Balaban J connectivity index is 3.41. The van der Waals surface area contributed by atoms with Gasteiger partial charge in [-0.3, -0.25) is 4.79 Å². The molecule has 1 rings (SSSR count). The average molecular weight is 184 g/mol. The van der Waals surface area contributed by atoms with Gasteiger partial charge in [0.2, 0.25) is 0 Å². The van der Waals surface area contributed by atoms with Crippen LogP contribution in [-0.4, -0.2) is 6.29 Å². The van der Waals surface area contributed by atoms with Crippen molar-refractivity contribution < 1.29 is 9.18 Å². The average Bonchev–Trinajstić information content (AvgIpc) is 2.09.